The number of carboxylic acid groups (broad SMARTS) is 1. The van der Waals surface area contributed by atoms with Crippen molar-refractivity contribution in [3.8, 4) is 22.8 Å². The lowest BCUT2D eigenvalue weighted by atomic mass is 10.0. The summed E-state index contributed by atoms with van der Waals surface area (Å²) >= 11 is 0. The van der Waals surface area contributed by atoms with Gasteiger partial charge in [0.15, 0.2) is 11.5 Å². The Morgan fingerprint density at radius 2 is 1.92 bits per heavy atom. The Kier molecular flexibility index (Phi) is 5.37. The summed E-state index contributed by atoms with van der Waals surface area (Å²) in [6.45, 7) is 2.73. The van der Waals surface area contributed by atoms with E-state index in [1.807, 2.05) is 36.4 Å². The molecule has 134 valence electrons. The number of methoxy groups -OCH3 is 1. The number of hydrogen-bond donors (Lipinski definition) is 1. The Hall–Kier alpha value is -3.08. The zero-order valence-electron chi connectivity index (χ0n) is 14.9. The number of ether oxygens (including phenoxy) is 2. The highest BCUT2D eigenvalue weighted by Gasteiger charge is 2.14. The summed E-state index contributed by atoms with van der Waals surface area (Å²) in [7, 11) is 1.59. The van der Waals surface area contributed by atoms with Gasteiger partial charge in [0.1, 0.15) is 0 Å². The van der Waals surface area contributed by atoms with E-state index in [-0.39, 0.29) is 5.56 Å². The van der Waals surface area contributed by atoms with Crippen LogP contribution < -0.4 is 9.47 Å². The molecule has 5 nitrogen and oxygen atoms in total. The Balaban J connectivity index is 2.04. The van der Waals surface area contributed by atoms with Gasteiger partial charge < -0.3 is 14.6 Å². The molecule has 2 aromatic carbocycles. The molecule has 1 N–H and O–H groups in total. The van der Waals surface area contributed by atoms with E-state index in [0.29, 0.717) is 34.7 Å². The maximum absolute atomic E-state index is 11.6. The molecule has 0 saturated carbocycles. The maximum Gasteiger partial charge on any atom is 0.336 e. The Morgan fingerprint density at radius 1 is 1.12 bits per heavy atom. The predicted molar refractivity (Wildman–Crippen MR) is 101 cm³/mol. The highest BCUT2D eigenvalue weighted by molar-refractivity contribution is 6.03. The normalized spacial score (nSPS) is 10.7. The average molecular weight is 351 g/mol. The summed E-state index contributed by atoms with van der Waals surface area (Å²) in [5.74, 6) is 0.297. The van der Waals surface area contributed by atoms with Gasteiger partial charge in [0.05, 0.1) is 30.5 Å². The quantitative estimate of drug-likeness (QED) is 0.620. The van der Waals surface area contributed by atoms with Crippen molar-refractivity contribution >= 4 is 16.9 Å². The van der Waals surface area contributed by atoms with Gasteiger partial charge in [-0.15, -0.1) is 0 Å². The van der Waals surface area contributed by atoms with Crippen molar-refractivity contribution in [2.45, 2.75) is 19.8 Å². The fourth-order valence-electron chi connectivity index (χ4n) is 2.77. The summed E-state index contributed by atoms with van der Waals surface area (Å²) in [6, 6.07) is 14.3. The number of aromatic carboxylic acids is 1. The van der Waals surface area contributed by atoms with Crippen LogP contribution >= 0.6 is 0 Å². The molecule has 1 heterocycles. The van der Waals surface area contributed by atoms with Gasteiger partial charge in [0.25, 0.3) is 0 Å². The standard InChI is InChI=1S/C21H21NO4/c1-3-4-11-26-19-10-9-14(12-20(19)25-2)18-13-16(21(23)24)15-7-5-6-8-17(15)22-18/h5-10,12-13H,3-4,11H2,1-2H3,(H,23,24). The zero-order valence-corrected chi connectivity index (χ0v) is 14.9. The molecule has 0 spiro atoms. The van der Waals surface area contributed by atoms with Gasteiger partial charge >= 0.3 is 5.97 Å². The third kappa shape index (κ3) is 3.61. The topological polar surface area (TPSA) is 68.7 Å². The lowest BCUT2D eigenvalue weighted by Crippen LogP contribution is -2.01. The molecular weight excluding hydrogens is 330 g/mol. The van der Waals surface area contributed by atoms with Crippen molar-refractivity contribution < 1.29 is 19.4 Å². The van der Waals surface area contributed by atoms with E-state index in [1.54, 1.807) is 19.2 Å². The van der Waals surface area contributed by atoms with Crippen molar-refractivity contribution in [2.24, 2.45) is 0 Å². The van der Waals surface area contributed by atoms with E-state index < -0.39 is 5.97 Å². The Morgan fingerprint density at radius 3 is 2.65 bits per heavy atom. The van der Waals surface area contributed by atoms with Crippen LogP contribution in [-0.4, -0.2) is 29.8 Å². The van der Waals surface area contributed by atoms with Crippen molar-refractivity contribution in [1.82, 2.24) is 4.98 Å². The molecule has 0 atom stereocenters. The average Bonchev–Trinajstić information content (AvgIpc) is 2.67. The molecule has 0 aliphatic heterocycles. The smallest absolute Gasteiger partial charge is 0.336 e. The number of aromatic nitrogens is 1. The van der Waals surface area contributed by atoms with E-state index in [1.165, 1.54) is 0 Å². The number of pyridine rings is 1. The molecule has 5 heteroatoms. The minimum atomic E-state index is -0.976. The lowest BCUT2D eigenvalue weighted by molar-refractivity contribution is 0.0699. The predicted octanol–water partition coefficient (Wildman–Crippen LogP) is 4.79. The van der Waals surface area contributed by atoms with E-state index >= 15 is 0 Å². The van der Waals surface area contributed by atoms with Crippen LogP contribution in [-0.2, 0) is 0 Å². The fraction of sp³-hybridized carbons (Fsp3) is 0.238. The molecule has 0 aliphatic rings. The van der Waals surface area contributed by atoms with Gasteiger partial charge in [0, 0.05) is 10.9 Å². The van der Waals surface area contributed by atoms with Crippen LogP contribution in [0.15, 0.2) is 48.5 Å². The fourth-order valence-corrected chi connectivity index (χ4v) is 2.77. The van der Waals surface area contributed by atoms with Crippen molar-refractivity contribution in [2.75, 3.05) is 13.7 Å². The minimum Gasteiger partial charge on any atom is -0.493 e. The SMILES string of the molecule is CCCCOc1ccc(-c2cc(C(=O)O)c3ccccc3n2)cc1OC. The highest BCUT2D eigenvalue weighted by atomic mass is 16.5. The van der Waals surface area contributed by atoms with Crippen LogP contribution in [0.3, 0.4) is 0 Å². The van der Waals surface area contributed by atoms with Gasteiger partial charge in [-0.3, -0.25) is 0 Å². The Labute approximate surface area is 152 Å². The summed E-state index contributed by atoms with van der Waals surface area (Å²) in [5, 5.41) is 10.2. The second-order valence-electron chi connectivity index (χ2n) is 5.95. The number of fused-ring (bicyclic) bond motifs is 1. The summed E-state index contributed by atoms with van der Waals surface area (Å²) in [5.41, 5.74) is 2.23. The van der Waals surface area contributed by atoms with E-state index in [0.717, 1.165) is 18.4 Å². The molecule has 26 heavy (non-hydrogen) atoms. The third-order valence-electron chi connectivity index (χ3n) is 4.16. The first-order valence-electron chi connectivity index (χ1n) is 8.58. The molecule has 0 radical (unpaired) electrons. The number of carbonyl (C=O) groups is 1. The molecular formula is C21H21NO4. The lowest BCUT2D eigenvalue weighted by Gasteiger charge is -2.13. The molecule has 1 aromatic heterocycles. The number of para-hydroxylation sites is 1. The highest BCUT2D eigenvalue weighted by Crippen LogP contribution is 2.33. The summed E-state index contributed by atoms with van der Waals surface area (Å²) < 4.78 is 11.2. The number of hydrogen-bond acceptors (Lipinski definition) is 4. The van der Waals surface area contributed by atoms with E-state index in [9.17, 15) is 9.90 Å². The third-order valence-corrected chi connectivity index (χ3v) is 4.16. The molecule has 0 saturated heterocycles. The van der Waals surface area contributed by atoms with Crippen LogP contribution in [0.1, 0.15) is 30.1 Å². The molecule has 3 aromatic rings. The molecule has 0 amide bonds. The van der Waals surface area contributed by atoms with Crippen molar-refractivity contribution in [1.29, 1.82) is 0 Å². The summed E-state index contributed by atoms with van der Waals surface area (Å²) in [6.07, 6.45) is 2.03. The number of carboxylic acids is 1. The Bertz CT molecular complexity index is 936. The van der Waals surface area contributed by atoms with Crippen LogP contribution in [0.5, 0.6) is 11.5 Å². The van der Waals surface area contributed by atoms with Gasteiger partial charge in [-0.2, -0.15) is 0 Å². The maximum atomic E-state index is 11.6. The van der Waals surface area contributed by atoms with Crippen molar-refractivity contribution in [3.63, 3.8) is 0 Å². The van der Waals surface area contributed by atoms with Gasteiger partial charge in [0.2, 0.25) is 0 Å². The van der Waals surface area contributed by atoms with Gasteiger partial charge in [-0.1, -0.05) is 31.5 Å². The van der Waals surface area contributed by atoms with Crippen LogP contribution in [0.2, 0.25) is 0 Å². The first-order valence-corrected chi connectivity index (χ1v) is 8.58. The van der Waals surface area contributed by atoms with E-state index in [2.05, 4.69) is 11.9 Å². The first-order chi connectivity index (χ1) is 12.6. The molecule has 0 bridgehead atoms. The number of nitrogens with zero attached hydrogens (tertiary/aromatic N) is 1. The van der Waals surface area contributed by atoms with Crippen LogP contribution in [0.4, 0.5) is 0 Å². The second kappa shape index (κ2) is 7.87. The monoisotopic (exact) mass is 351 g/mol. The first kappa shape index (κ1) is 17.7. The van der Waals surface area contributed by atoms with Gasteiger partial charge in [-0.25, -0.2) is 9.78 Å². The molecule has 0 unspecified atom stereocenters. The van der Waals surface area contributed by atoms with Crippen LogP contribution in [0, 0.1) is 0 Å². The summed E-state index contributed by atoms with van der Waals surface area (Å²) in [4.78, 5) is 16.3. The molecule has 0 aliphatic carbocycles. The number of unbranched alkanes of at least 4 members (excludes halogenated alkanes) is 1. The van der Waals surface area contributed by atoms with Crippen molar-refractivity contribution in [3.05, 3.63) is 54.1 Å². The zero-order chi connectivity index (χ0) is 18.5. The van der Waals surface area contributed by atoms with Crippen LogP contribution in [0.25, 0.3) is 22.2 Å². The molecule has 0 fully saturated rings. The van der Waals surface area contributed by atoms with Gasteiger partial charge in [-0.05, 0) is 36.8 Å². The number of benzene rings is 2. The minimum absolute atomic E-state index is 0.229. The largest absolute Gasteiger partial charge is 0.493 e. The molecule has 3 rings (SSSR count). The van der Waals surface area contributed by atoms with E-state index in [4.69, 9.17) is 9.47 Å². The number of rotatable bonds is 7. The second-order valence-corrected chi connectivity index (χ2v) is 5.95.